The molecule has 0 aliphatic rings. The predicted octanol–water partition coefficient (Wildman–Crippen LogP) is 3.80. The van der Waals surface area contributed by atoms with Crippen LogP contribution in [0.15, 0.2) is 70.8 Å². The fourth-order valence-corrected chi connectivity index (χ4v) is 2.03. The first-order chi connectivity index (χ1) is 10.6. The number of hydrogen-bond donors (Lipinski definition) is 1. The number of hydrogen-bond acceptors (Lipinski definition) is 4. The minimum Gasteiger partial charge on any atom is -0.464 e. The first-order valence-electron chi connectivity index (χ1n) is 6.52. The molecular formula is C17H14BrNO3. The number of ether oxygens (including phenoxy) is 1. The lowest BCUT2D eigenvalue weighted by Crippen LogP contribution is -2.15. The van der Waals surface area contributed by atoms with Crippen LogP contribution in [0.25, 0.3) is 0 Å². The fourth-order valence-electron chi connectivity index (χ4n) is 1.76. The summed E-state index contributed by atoms with van der Waals surface area (Å²) in [6.07, 6.45) is 1.24. The average Bonchev–Trinajstić information content (AvgIpc) is 2.55. The van der Waals surface area contributed by atoms with E-state index in [4.69, 9.17) is 4.74 Å². The molecule has 0 heterocycles. The minimum absolute atomic E-state index is 0.0848. The Morgan fingerprint density at radius 1 is 1.05 bits per heavy atom. The quantitative estimate of drug-likeness (QED) is 0.501. The predicted molar refractivity (Wildman–Crippen MR) is 88.6 cm³/mol. The Labute approximate surface area is 136 Å². The van der Waals surface area contributed by atoms with E-state index in [-0.39, 0.29) is 11.5 Å². The van der Waals surface area contributed by atoms with E-state index < -0.39 is 5.97 Å². The number of methoxy groups -OCH3 is 1. The van der Waals surface area contributed by atoms with Gasteiger partial charge in [0.1, 0.15) is 5.70 Å². The van der Waals surface area contributed by atoms with E-state index in [1.54, 1.807) is 36.4 Å². The van der Waals surface area contributed by atoms with Crippen LogP contribution in [0.2, 0.25) is 0 Å². The van der Waals surface area contributed by atoms with Crippen LogP contribution >= 0.6 is 15.9 Å². The van der Waals surface area contributed by atoms with E-state index in [1.807, 2.05) is 18.2 Å². The second-order valence-electron chi connectivity index (χ2n) is 4.41. The Balaban J connectivity index is 2.26. The normalized spacial score (nSPS) is 10.9. The van der Waals surface area contributed by atoms with Crippen LogP contribution in [0.3, 0.4) is 0 Å². The Morgan fingerprint density at radius 2 is 1.68 bits per heavy atom. The molecule has 0 unspecified atom stereocenters. The Bertz CT molecular complexity index is 694. The monoisotopic (exact) mass is 359 g/mol. The third kappa shape index (κ3) is 4.30. The zero-order chi connectivity index (χ0) is 15.9. The van der Waals surface area contributed by atoms with Gasteiger partial charge < -0.3 is 10.1 Å². The Hall–Kier alpha value is -2.40. The molecule has 0 saturated heterocycles. The van der Waals surface area contributed by atoms with Crippen LogP contribution < -0.4 is 5.32 Å². The number of esters is 1. The number of benzene rings is 2. The van der Waals surface area contributed by atoms with Gasteiger partial charge >= 0.3 is 5.97 Å². The molecular weight excluding hydrogens is 346 g/mol. The third-order valence-corrected chi connectivity index (χ3v) is 3.39. The van der Waals surface area contributed by atoms with Crippen molar-refractivity contribution in [1.29, 1.82) is 0 Å². The lowest BCUT2D eigenvalue weighted by molar-refractivity contribution is -0.135. The molecule has 0 atom stereocenters. The number of carbonyl (C=O) groups is 2. The molecule has 2 aromatic carbocycles. The second kappa shape index (κ2) is 7.56. The molecule has 112 valence electrons. The van der Waals surface area contributed by atoms with E-state index in [2.05, 4.69) is 21.2 Å². The summed E-state index contributed by atoms with van der Waals surface area (Å²) in [5, 5.41) is 2.90. The summed E-state index contributed by atoms with van der Waals surface area (Å²) in [5.74, 6) is -0.884. The summed E-state index contributed by atoms with van der Waals surface area (Å²) in [5.41, 5.74) is 1.27. The van der Waals surface area contributed by atoms with Gasteiger partial charge in [0.05, 0.1) is 7.11 Å². The van der Waals surface area contributed by atoms with Crippen molar-refractivity contribution < 1.29 is 14.3 Å². The second-order valence-corrected chi connectivity index (χ2v) is 5.33. The van der Waals surface area contributed by atoms with Crippen molar-refractivity contribution in [2.24, 2.45) is 0 Å². The highest BCUT2D eigenvalue weighted by Gasteiger charge is 2.13. The summed E-state index contributed by atoms with van der Waals surface area (Å²) < 4.78 is 5.59. The molecule has 2 rings (SSSR count). The highest BCUT2D eigenvalue weighted by Crippen LogP contribution is 2.14. The van der Waals surface area contributed by atoms with Gasteiger partial charge in [-0.25, -0.2) is 4.79 Å². The van der Waals surface area contributed by atoms with Crippen LogP contribution in [-0.2, 0) is 9.53 Å². The van der Waals surface area contributed by atoms with Crippen molar-refractivity contribution in [3.8, 4) is 0 Å². The number of allylic oxidation sites excluding steroid dienone is 1. The standard InChI is InChI=1S/C17H14BrNO3/c1-22-17(21)15(19-14-5-3-2-4-6-14)11-16(20)12-7-9-13(18)10-8-12/h2-11,19H,1H3. The third-order valence-electron chi connectivity index (χ3n) is 2.86. The molecule has 22 heavy (non-hydrogen) atoms. The molecule has 2 aromatic rings. The maximum absolute atomic E-state index is 12.2. The average molecular weight is 360 g/mol. The van der Waals surface area contributed by atoms with Crippen LogP contribution in [0.5, 0.6) is 0 Å². The van der Waals surface area contributed by atoms with Gasteiger partial charge in [0.2, 0.25) is 0 Å². The zero-order valence-corrected chi connectivity index (χ0v) is 13.5. The number of anilines is 1. The van der Waals surface area contributed by atoms with Crippen molar-refractivity contribution in [3.63, 3.8) is 0 Å². The van der Waals surface area contributed by atoms with Crippen LogP contribution in [-0.4, -0.2) is 18.9 Å². The highest BCUT2D eigenvalue weighted by molar-refractivity contribution is 9.10. The highest BCUT2D eigenvalue weighted by atomic mass is 79.9. The van der Waals surface area contributed by atoms with Gasteiger partial charge in [-0.1, -0.05) is 34.1 Å². The van der Waals surface area contributed by atoms with Gasteiger partial charge in [0.15, 0.2) is 5.78 Å². The van der Waals surface area contributed by atoms with Gasteiger partial charge in [-0.15, -0.1) is 0 Å². The molecule has 0 fully saturated rings. The molecule has 0 bridgehead atoms. The lowest BCUT2D eigenvalue weighted by Gasteiger charge is -2.09. The maximum atomic E-state index is 12.2. The first-order valence-corrected chi connectivity index (χ1v) is 7.31. The summed E-state index contributed by atoms with van der Waals surface area (Å²) in [6.45, 7) is 0. The maximum Gasteiger partial charge on any atom is 0.354 e. The van der Waals surface area contributed by atoms with Gasteiger partial charge in [-0.2, -0.15) is 0 Å². The first kappa shape index (κ1) is 16.0. The van der Waals surface area contributed by atoms with Crippen LogP contribution in [0, 0.1) is 0 Å². The molecule has 1 N–H and O–H groups in total. The largest absolute Gasteiger partial charge is 0.464 e. The number of rotatable bonds is 5. The SMILES string of the molecule is COC(=O)C(=CC(=O)c1ccc(Br)cc1)Nc1ccccc1. The summed E-state index contributed by atoms with van der Waals surface area (Å²) in [6, 6.07) is 16.0. The Morgan fingerprint density at radius 3 is 2.27 bits per heavy atom. The van der Waals surface area contributed by atoms with E-state index in [0.29, 0.717) is 11.3 Å². The number of para-hydroxylation sites is 1. The van der Waals surface area contributed by atoms with Gasteiger partial charge in [0.25, 0.3) is 0 Å². The Kier molecular flexibility index (Phi) is 5.49. The lowest BCUT2D eigenvalue weighted by atomic mass is 10.1. The molecule has 0 aliphatic heterocycles. The fraction of sp³-hybridized carbons (Fsp3) is 0.0588. The summed E-state index contributed by atoms with van der Waals surface area (Å²) in [7, 11) is 1.27. The van der Waals surface area contributed by atoms with Crippen molar-refractivity contribution in [2.45, 2.75) is 0 Å². The number of halogens is 1. The van der Waals surface area contributed by atoms with E-state index in [1.165, 1.54) is 13.2 Å². The van der Waals surface area contributed by atoms with Crippen molar-refractivity contribution in [1.82, 2.24) is 0 Å². The minimum atomic E-state index is -0.602. The molecule has 0 radical (unpaired) electrons. The van der Waals surface area contributed by atoms with Crippen molar-refractivity contribution in [3.05, 3.63) is 76.4 Å². The molecule has 4 nitrogen and oxygen atoms in total. The number of nitrogens with one attached hydrogen (secondary N) is 1. The van der Waals surface area contributed by atoms with Gasteiger partial charge in [-0.05, 0) is 36.4 Å². The molecule has 0 saturated carbocycles. The number of carbonyl (C=O) groups excluding carboxylic acids is 2. The summed E-state index contributed by atoms with van der Waals surface area (Å²) >= 11 is 3.31. The van der Waals surface area contributed by atoms with Gasteiger partial charge in [-0.3, -0.25) is 4.79 Å². The smallest absolute Gasteiger partial charge is 0.354 e. The van der Waals surface area contributed by atoms with Crippen LogP contribution in [0.4, 0.5) is 5.69 Å². The van der Waals surface area contributed by atoms with Gasteiger partial charge in [0, 0.05) is 21.8 Å². The van der Waals surface area contributed by atoms with E-state index >= 15 is 0 Å². The summed E-state index contributed by atoms with van der Waals surface area (Å²) in [4.78, 5) is 24.1. The molecule has 0 aliphatic carbocycles. The number of ketones is 1. The zero-order valence-electron chi connectivity index (χ0n) is 11.9. The van der Waals surface area contributed by atoms with Crippen molar-refractivity contribution in [2.75, 3.05) is 12.4 Å². The molecule has 0 aromatic heterocycles. The van der Waals surface area contributed by atoms with Crippen LogP contribution in [0.1, 0.15) is 10.4 Å². The molecule has 5 heteroatoms. The topological polar surface area (TPSA) is 55.4 Å². The molecule has 0 amide bonds. The van der Waals surface area contributed by atoms with E-state index in [9.17, 15) is 9.59 Å². The molecule has 0 spiro atoms. The van der Waals surface area contributed by atoms with E-state index in [0.717, 1.165) is 4.47 Å². The van der Waals surface area contributed by atoms with Crippen molar-refractivity contribution >= 4 is 33.4 Å².